The molecule has 0 bridgehead atoms. The molecule has 1 saturated heterocycles. The second kappa shape index (κ2) is 8.96. The zero-order valence-corrected chi connectivity index (χ0v) is 19.9. The van der Waals surface area contributed by atoms with E-state index in [1.165, 1.54) is 35.1 Å². The fourth-order valence-corrected chi connectivity index (χ4v) is 6.24. The van der Waals surface area contributed by atoms with E-state index < -0.39 is 0 Å². The van der Waals surface area contributed by atoms with Crippen molar-refractivity contribution in [2.24, 2.45) is 5.92 Å². The Morgan fingerprint density at radius 3 is 2.59 bits per heavy atom. The summed E-state index contributed by atoms with van der Waals surface area (Å²) in [5.74, 6) is 3.08. The average molecular weight is 457 g/mol. The standard InChI is InChI=1S/C24H32N4O3S/c1-3-31-20(30)9-8-19(29)27-10-12-28(13-11-27)23-21-17-7-4-15(2)14-18(17)32-24(21)26-22(25-23)16-5-6-16/h15-16H,3-14H2,1-2H3/t15-/m1/s1. The predicted octanol–water partition coefficient (Wildman–Crippen LogP) is 3.69. The first kappa shape index (κ1) is 21.6. The van der Waals surface area contributed by atoms with E-state index in [0.29, 0.717) is 25.6 Å². The third kappa shape index (κ3) is 4.34. The van der Waals surface area contributed by atoms with Gasteiger partial charge in [-0.1, -0.05) is 6.92 Å². The van der Waals surface area contributed by atoms with Crippen LogP contribution in [0, 0.1) is 5.92 Å². The SMILES string of the molecule is CCOC(=O)CCC(=O)N1CCN(c2nc(C3CC3)nc3sc4c(c23)CC[C@@H](C)C4)CC1. The minimum Gasteiger partial charge on any atom is -0.466 e. The number of anilines is 1. The molecule has 0 N–H and O–H groups in total. The number of piperazine rings is 1. The molecule has 1 amide bonds. The van der Waals surface area contributed by atoms with Gasteiger partial charge in [0.2, 0.25) is 5.91 Å². The topological polar surface area (TPSA) is 75.6 Å². The highest BCUT2D eigenvalue weighted by molar-refractivity contribution is 7.19. The molecule has 2 aromatic heterocycles. The normalized spacial score (nSPS) is 21.0. The van der Waals surface area contributed by atoms with Crippen molar-refractivity contribution in [2.45, 2.75) is 64.7 Å². The Morgan fingerprint density at radius 1 is 1.09 bits per heavy atom. The molecule has 1 atom stereocenters. The highest BCUT2D eigenvalue weighted by Gasteiger charge is 2.32. The first-order valence-corrected chi connectivity index (χ1v) is 12.9. The number of esters is 1. The van der Waals surface area contributed by atoms with Crippen molar-refractivity contribution in [3.05, 3.63) is 16.3 Å². The van der Waals surface area contributed by atoms with Gasteiger partial charge in [0, 0.05) is 43.4 Å². The Kier molecular flexibility index (Phi) is 6.05. The first-order valence-electron chi connectivity index (χ1n) is 12.0. The Balaban J connectivity index is 1.34. The average Bonchev–Trinajstić information content (AvgIpc) is 3.58. The molecule has 0 spiro atoms. The first-order chi connectivity index (χ1) is 15.5. The Bertz CT molecular complexity index is 1020. The second-order valence-corrected chi connectivity index (χ2v) is 10.5. The minimum absolute atomic E-state index is 0.0334. The number of hydrogen-bond acceptors (Lipinski definition) is 7. The molecule has 5 rings (SSSR count). The number of carbonyl (C=O) groups excluding carboxylic acids is 2. The Hall–Kier alpha value is -2.22. The van der Waals surface area contributed by atoms with Crippen LogP contribution in [0.1, 0.15) is 68.1 Å². The highest BCUT2D eigenvalue weighted by Crippen LogP contribution is 2.44. The number of fused-ring (bicyclic) bond motifs is 3. The van der Waals surface area contributed by atoms with Gasteiger partial charge in [0.25, 0.3) is 0 Å². The van der Waals surface area contributed by atoms with Crippen LogP contribution in [0.15, 0.2) is 0 Å². The van der Waals surface area contributed by atoms with Gasteiger partial charge in [0.15, 0.2) is 0 Å². The number of nitrogens with zero attached hydrogens (tertiary/aromatic N) is 4. The summed E-state index contributed by atoms with van der Waals surface area (Å²) in [6.07, 6.45) is 6.25. The number of hydrogen-bond donors (Lipinski definition) is 0. The van der Waals surface area contributed by atoms with Crippen LogP contribution in [0.3, 0.4) is 0 Å². The number of ether oxygens (including phenoxy) is 1. The van der Waals surface area contributed by atoms with E-state index in [4.69, 9.17) is 14.7 Å². The zero-order chi connectivity index (χ0) is 22.2. The van der Waals surface area contributed by atoms with E-state index >= 15 is 0 Å². The minimum atomic E-state index is -0.299. The molecule has 2 fully saturated rings. The molecule has 0 aromatic carbocycles. The number of aromatic nitrogens is 2. The lowest BCUT2D eigenvalue weighted by molar-refractivity contribution is -0.145. The van der Waals surface area contributed by atoms with Crippen LogP contribution in [0.5, 0.6) is 0 Å². The summed E-state index contributed by atoms with van der Waals surface area (Å²) in [7, 11) is 0. The van der Waals surface area contributed by atoms with E-state index in [1.54, 1.807) is 6.92 Å². The number of thiophene rings is 1. The molecular weight excluding hydrogens is 424 g/mol. The number of rotatable bonds is 6. The summed E-state index contributed by atoms with van der Waals surface area (Å²) < 4.78 is 4.94. The lowest BCUT2D eigenvalue weighted by Crippen LogP contribution is -2.49. The van der Waals surface area contributed by atoms with Crippen LogP contribution < -0.4 is 4.90 Å². The summed E-state index contributed by atoms with van der Waals surface area (Å²) in [6.45, 7) is 7.33. The van der Waals surface area contributed by atoms with Crippen molar-refractivity contribution in [1.29, 1.82) is 0 Å². The van der Waals surface area contributed by atoms with E-state index in [2.05, 4.69) is 11.8 Å². The third-order valence-electron chi connectivity index (χ3n) is 6.88. The maximum atomic E-state index is 12.6. The smallest absolute Gasteiger partial charge is 0.306 e. The molecule has 1 saturated carbocycles. The molecule has 2 aromatic rings. The fraction of sp³-hybridized carbons (Fsp3) is 0.667. The Labute approximate surface area is 193 Å². The van der Waals surface area contributed by atoms with Crippen LogP contribution in [0.2, 0.25) is 0 Å². The number of amides is 1. The van der Waals surface area contributed by atoms with Gasteiger partial charge >= 0.3 is 5.97 Å². The van der Waals surface area contributed by atoms with Gasteiger partial charge in [0.1, 0.15) is 16.5 Å². The van der Waals surface area contributed by atoms with E-state index in [1.807, 2.05) is 16.2 Å². The van der Waals surface area contributed by atoms with Gasteiger partial charge in [-0.05, 0) is 50.5 Å². The van der Waals surface area contributed by atoms with E-state index in [9.17, 15) is 9.59 Å². The number of aryl methyl sites for hydroxylation is 1. The van der Waals surface area contributed by atoms with Gasteiger partial charge in [0.05, 0.1) is 18.4 Å². The molecule has 2 aliphatic carbocycles. The quantitative estimate of drug-likeness (QED) is 0.617. The molecule has 1 aliphatic heterocycles. The molecule has 32 heavy (non-hydrogen) atoms. The lowest BCUT2D eigenvalue weighted by Gasteiger charge is -2.36. The van der Waals surface area contributed by atoms with Crippen molar-refractivity contribution >= 4 is 39.2 Å². The van der Waals surface area contributed by atoms with Crippen LogP contribution in [-0.2, 0) is 27.2 Å². The van der Waals surface area contributed by atoms with Crippen molar-refractivity contribution in [1.82, 2.24) is 14.9 Å². The summed E-state index contributed by atoms with van der Waals surface area (Å²) >= 11 is 1.87. The molecule has 8 heteroatoms. The van der Waals surface area contributed by atoms with E-state index in [0.717, 1.165) is 48.3 Å². The van der Waals surface area contributed by atoms with Gasteiger partial charge in [-0.25, -0.2) is 9.97 Å². The Morgan fingerprint density at radius 2 is 1.88 bits per heavy atom. The number of carbonyl (C=O) groups is 2. The summed E-state index contributed by atoms with van der Waals surface area (Å²) in [6, 6.07) is 0. The lowest BCUT2D eigenvalue weighted by atomic mass is 9.89. The van der Waals surface area contributed by atoms with E-state index in [-0.39, 0.29) is 24.7 Å². The maximum Gasteiger partial charge on any atom is 0.306 e. The summed E-state index contributed by atoms with van der Waals surface area (Å²) in [5.41, 5.74) is 1.47. The predicted molar refractivity (Wildman–Crippen MR) is 125 cm³/mol. The van der Waals surface area contributed by atoms with Gasteiger partial charge in [-0.3, -0.25) is 9.59 Å². The zero-order valence-electron chi connectivity index (χ0n) is 19.1. The molecule has 3 heterocycles. The summed E-state index contributed by atoms with van der Waals surface area (Å²) in [5, 5.41) is 1.27. The molecule has 7 nitrogen and oxygen atoms in total. The fourth-order valence-electron chi connectivity index (χ4n) is 4.86. The van der Waals surface area contributed by atoms with Crippen LogP contribution >= 0.6 is 11.3 Å². The van der Waals surface area contributed by atoms with Crippen molar-refractivity contribution in [3.63, 3.8) is 0 Å². The molecule has 0 radical (unpaired) electrons. The van der Waals surface area contributed by atoms with Crippen molar-refractivity contribution in [2.75, 3.05) is 37.7 Å². The van der Waals surface area contributed by atoms with Gasteiger partial charge in [-0.2, -0.15) is 0 Å². The maximum absolute atomic E-state index is 12.6. The van der Waals surface area contributed by atoms with Crippen LogP contribution in [0.4, 0.5) is 5.82 Å². The molecular formula is C24H32N4O3S. The second-order valence-electron chi connectivity index (χ2n) is 9.38. The van der Waals surface area contributed by atoms with Crippen molar-refractivity contribution < 1.29 is 14.3 Å². The monoisotopic (exact) mass is 456 g/mol. The summed E-state index contributed by atoms with van der Waals surface area (Å²) in [4.78, 5) is 41.1. The largest absolute Gasteiger partial charge is 0.466 e. The van der Waals surface area contributed by atoms with Gasteiger partial charge in [-0.15, -0.1) is 11.3 Å². The molecule has 0 unspecified atom stereocenters. The van der Waals surface area contributed by atoms with Crippen molar-refractivity contribution in [3.8, 4) is 0 Å². The van der Waals surface area contributed by atoms with Gasteiger partial charge < -0.3 is 14.5 Å². The molecule has 3 aliphatic rings. The third-order valence-corrected chi connectivity index (χ3v) is 8.02. The van der Waals surface area contributed by atoms with Crippen LogP contribution in [0.25, 0.3) is 10.2 Å². The van der Waals surface area contributed by atoms with Crippen LogP contribution in [-0.4, -0.2) is 59.5 Å². The highest BCUT2D eigenvalue weighted by atomic mass is 32.1. The molecule has 172 valence electrons.